The Labute approximate surface area is 261 Å². The first-order chi connectivity index (χ1) is 22.3. The Kier molecular flexibility index (Phi) is 7.16. The molecule has 0 aliphatic carbocycles. The van der Waals surface area contributed by atoms with Crippen molar-refractivity contribution in [2.75, 3.05) is 25.1 Å². The molecule has 2 unspecified atom stereocenters. The molecule has 3 aromatic heterocycles. The van der Waals surface area contributed by atoms with E-state index in [1.54, 1.807) is 23.1 Å². The molecule has 5 heterocycles. The third kappa shape index (κ3) is 4.81. The molecule has 7 rings (SSSR count). The van der Waals surface area contributed by atoms with Gasteiger partial charge < -0.3 is 19.6 Å². The van der Waals surface area contributed by atoms with E-state index in [1.807, 2.05) is 4.90 Å². The summed E-state index contributed by atoms with van der Waals surface area (Å²) in [6.07, 6.45) is 11.0. The fourth-order valence-corrected chi connectivity index (χ4v) is 6.48. The summed E-state index contributed by atoms with van der Waals surface area (Å²) >= 11 is 0. The fourth-order valence-electron chi connectivity index (χ4n) is 6.48. The Morgan fingerprint density at radius 1 is 1.11 bits per heavy atom. The number of carbonyl (C=O) groups is 1. The number of methoxy groups -OCH3 is 1. The summed E-state index contributed by atoms with van der Waals surface area (Å²) in [6, 6.07) is 9.57. The number of nitrogens with zero attached hydrogens (tertiary/aromatic N) is 6. The number of halogens is 3. The summed E-state index contributed by atoms with van der Waals surface area (Å²) in [7, 11) is 1.35. The predicted octanol–water partition coefficient (Wildman–Crippen LogP) is 5.40. The van der Waals surface area contributed by atoms with E-state index < -0.39 is 23.4 Å². The van der Waals surface area contributed by atoms with Crippen LogP contribution in [-0.2, 0) is 4.79 Å². The highest BCUT2D eigenvalue weighted by Gasteiger charge is 2.44. The Bertz CT molecular complexity index is 2100. The maximum Gasteiger partial charge on any atom is 0.318 e. The lowest BCUT2D eigenvalue weighted by atomic mass is 9.96. The van der Waals surface area contributed by atoms with Gasteiger partial charge in [0.2, 0.25) is 0 Å². The van der Waals surface area contributed by atoms with E-state index in [4.69, 9.17) is 11.2 Å². The molecule has 2 bridgehead atoms. The smallest absolute Gasteiger partial charge is 0.318 e. The van der Waals surface area contributed by atoms with Crippen molar-refractivity contribution >= 4 is 39.5 Å². The van der Waals surface area contributed by atoms with E-state index in [0.717, 1.165) is 6.08 Å². The number of amides is 1. The van der Waals surface area contributed by atoms with Gasteiger partial charge in [-0.25, -0.2) is 13.2 Å². The number of piperazine rings is 1. The van der Waals surface area contributed by atoms with Gasteiger partial charge in [0.05, 0.1) is 35.8 Å². The Hall–Kier alpha value is -5.70. The topological polar surface area (TPSA) is 105 Å². The summed E-state index contributed by atoms with van der Waals surface area (Å²) in [4.78, 5) is 33.9. The molecule has 2 aliphatic rings. The van der Waals surface area contributed by atoms with Gasteiger partial charge in [-0.15, -0.1) is 6.42 Å². The lowest BCUT2D eigenvalue weighted by molar-refractivity contribution is -0.131. The number of anilines is 1. The van der Waals surface area contributed by atoms with Gasteiger partial charge in [0.1, 0.15) is 28.6 Å². The molecule has 2 fully saturated rings. The van der Waals surface area contributed by atoms with Crippen molar-refractivity contribution in [1.82, 2.24) is 24.8 Å². The van der Waals surface area contributed by atoms with Crippen LogP contribution in [0.3, 0.4) is 0 Å². The number of terminal acetylenes is 1. The van der Waals surface area contributed by atoms with Crippen LogP contribution in [0.5, 0.6) is 11.8 Å². The first-order valence-corrected chi connectivity index (χ1v) is 14.5. The van der Waals surface area contributed by atoms with Gasteiger partial charge in [-0.3, -0.25) is 14.8 Å². The fraction of sp³-hybridized carbons (Fsp3) is 0.206. The standard InChI is InChI=1S/C34H25F3N6O3/c1-3-23-26(35)10-7-18-12-22(44)14-24(28(18)23)30-29(37)31-25(15-39-30)32(41-34(40-31)46-2)42-16-20-8-9-21(17-42)43(20)33(45)27(36)13-19-6-4-5-11-38-19/h1,4-7,10-15,20-21,44H,8-9,16-17H2,2H3/b27-13-. The number of hydrogen-bond acceptors (Lipinski definition) is 8. The van der Waals surface area contributed by atoms with Crippen molar-refractivity contribution in [2.45, 2.75) is 24.9 Å². The predicted molar refractivity (Wildman–Crippen MR) is 166 cm³/mol. The highest BCUT2D eigenvalue weighted by molar-refractivity contribution is 6.03. The molecule has 1 N–H and O–H groups in total. The van der Waals surface area contributed by atoms with Gasteiger partial charge in [0.25, 0.3) is 5.91 Å². The van der Waals surface area contributed by atoms with E-state index in [2.05, 4.69) is 25.9 Å². The molecule has 46 heavy (non-hydrogen) atoms. The number of carbonyl (C=O) groups excluding carboxylic acids is 1. The number of aromatic nitrogens is 4. The summed E-state index contributed by atoms with van der Waals surface area (Å²) in [5.74, 6) is -0.655. The van der Waals surface area contributed by atoms with E-state index in [-0.39, 0.29) is 57.0 Å². The Morgan fingerprint density at radius 2 is 1.89 bits per heavy atom. The number of ether oxygens (including phenoxy) is 1. The van der Waals surface area contributed by atoms with Crippen molar-refractivity contribution in [2.24, 2.45) is 0 Å². The molecule has 2 saturated heterocycles. The van der Waals surface area contributed by atoms with Crippen LogP contribution in [0.4, 0.5) is 19.0 Å². The second-order valence-corrected chi connectivity index (χ2v) is 11.1. The summed E-state index contributed by atoms with van der Waals surface area (Å²) in [5, 5.41) is 11.3. The largest absolute Gasteiger partial charge is 0.508 e. The number of hydrogen-bond donors (Lipinski definition) is 1. The van der Waals surface area contributed by atoms with Gasteiger partial charge in [-0.1, -0.05) is 18.1 Å². The zero-order chi connectivity index (χ0) is 32.1. The summed E-state index contributed by atoms with van der Waals surface area (Å²) < 4.78 is 51.6. The first kappa shape index (κ1) is 29.0. The van der Waals surface area contributed by atoms with Crippen LogP contribution in [0.15, 0.2) is 60.7 Å². The van der Waals surface area contributed by atoms with Crippen LogP contribution in [0, 0.1) is 24.0 Å². The van der Waals surface area contributed by atoms with Crippen LogP contribution < -0.4 is 9.64 Å². The molecule has 0 radical (unpaired) electrons. The van der Waals surface area contributed by atoms with Crippen molar-refractivity contribution in [3.05, 3.63) is 83.6 Å². The number of benzene rings is 2. The van der Waals surface area contributed by atoms with Gasteiger partial charge in [0, 0.05) is 42.5 Å². The number of phenols is 1. The second kappa shape index (κ2) is 11.3. The van der Waals surface area contributed by atoms with E-state index in [1.165, 1.54) is 43.8 Å². The summed E-state index contributed by atoms with van der Waals surface area (Å²) in [5.41, 5.74) is 0.0214. The van der Waals surface area contributed by atoms with E-state index in [0.29, 0.717) is 42.8 Å². The number of rotatable bonds is 5. The van der Waals surface area contributed by atoms with Crippen molar-refractivity contribution in [3.63, 3.8) is 0 Å². The average molecular weight is 623 g/mol. The lowest BCUT2D eigenvalue weighted by Crippen LogP contribution is -2.56. The molecule has 5 aromatic rings. The highest BCUT2D eigenvalue weighted by atomic mass is 19.1. The lowest BCUT2D eigenvalue weighted by Gasteiger charge is -2.41. The van der Waals surface area contributed by atoms with E-state index in [9.17, 15) is 14.3 Å². The molecular weight excluding hydrogens is 597 g/mol. The maximum absolute atomic E-state index is 16.5. The van der Waals surface area contributed by atoms with Gasteiger partial charge in [0.15, 0.2) is 11.6 Å². The van der Waals surface area contributed by atoms with Crippen molar-refractivity contribution in [1.29, 1.82) is 0 Å². The average Bonchev–Trinajstić information content (AvgIpc) is 3.32. The molecule has 9 nitrogen and oxygen atoms in total. The molecule has 2 aromatic carbocycles. The third-order valence-corrected chi connectivity index (χ3v) is 8.46. The maximum atomic E-state index is 16.5. The minimum Gasteiger partial charge on any atom is -0.508 e. The minimum atomic E-state index is -0.899. The number of pyridine rings is 2. The normalized spacial score (nSPS) is 17.8. The van der Waals surface area contributed by atoms with Gasteiger partial charge >= 0.3 is 6.01 Å². The quantitative estimate of drug-likeness (QED) is 0.205. The van der Waals surface area contributed by atoms with Crippen molar-refractivity contribution in [3.8, 4) is 35.4 Å². The first-order valence-electron chi connectivity index (χ1n) is 14.5. The van der Waals surface area contributed by atoms with Crippen LogP contribution >= 0.6 is 0 Å². The second-order valence-electron chi connectivity index (χ2n) is 11.1. The van der Waals surface area contributed by atoms with Crippen LogP contribution in [0.1, 0.15) is 24.1 Å². The monoisotopic (exact) mass is 622 g/mol. The number of fused-ring (bicyclic) bond motifs is 4. The molecule has 2 atom stereocenters. The zero-order valence-corrected chi connectivity index (χ0v) is 24.4. The van der Waals surface area contributed by atoms with Crippen LogP contribution in [0.25, 0.3) is 39.0 Å². The molecule has 230 valence electrons. The third-order valence-electron chi connectivity index (χ3n) is 8.46. The van der Waals surface area contributed by atoms with Crippen LogP contribution in [0.2, 0.25) is 0 Å². The molecule has 0 saturated carbocycles. The van der Waals surface area contributed by atoms with Crippen molar-refractivity contribution < 1.29 is 27.8 Å². The molecule has 1 amide bonds. The van der Waals surface area contributed by atoms with Gasteiger partial charge in [-0.05, 0) is 48.6 Å². The van der Waals surface area contributed by atoms with Gasteiger partial charge in [-0.2, -0.15) is 9.97 Å². The number of aromatic hydroxyl groups is 1. The zero-order valence-electron chi connectivity index (χ0n) is 24.4. The van der Waals surface area contributed by atoms with E-state index >= 15 is 8.78 Å². The molecule has 2 aliphatic heterocycles. The molecule has 0 spiro atoms. The summed E-state index contributed by atoms with van der Waals surface area (Å²) in [6.45, 7) is 0.611. The highest BCUT2D eigenvalue weighted by Crippen LogP contribution is 2.40. The SMILES string of the molecule is C#Cc1c(F)ccc2cc(O)cc(-c3ncc4c(N5CC6CCC(C5)N6C(=O)/C(F)=C/c5ccccn5)nc(OC)nc4c3F)c12. The minimum absolute atomic E-state index is 0.0898. The molecule has 12 heteroatoms. The number of phenolic OH excluding ortho intramolecular Hbond substituents is 1. The Balaban J connectivity index is 1.28. The Morgan fingerprint density at radius 3 is 2.59 bits per heavy atom. The molecular formula is C34H25F3N6O3. The van der Waals surface area contributed by atoms with Crippen LogP contribution in [-0.4, -0.2) is 68.1 Å².